The fraction of sp³-hybridized carbons (Fsp3) is 0.435. The van der Waals surface area contributed by atoms with Gasteiger partial charge < -0.3 is 20.1 Å². The van der Waals surface area contributed by atoms with E-state index in [9.17, 15) is 27.5 Å². The molecule has 1 saturated heterocycles. The van der Waals surface area contributed by atoms with E-state index >= 15 is 0 Å². The van der Waals surface area contributed by atoms with Crippen LogP contribution in [0.1, 0.15) is 32.8 Å². The van der Waals surface area contributed by atoms with Crippen molar-refractivity contribution in [2.45, 2.75) is 51.1 Å². The van der Waals surface area contributed by atoms with Crippen LogP contribution in [-0.4, -0.2) is 46.9 Å². The van der Waals surface area contributed by atoms with E-state index in [0.717, 1.165) is 18.2 Å². The average Bonchev–Trinajstić information content (AvgIpc) is 2.70. The summed E-state index contributed by atoms with van der Waals surface area (Å²) in [5.74, 6) is -0.762. The van der Waals surface area contributed by atoms with Gasteiger partial charge in [-0.2, -0.15) is 13.2 Å². The number of rotatable bonds is 3. The van der Waals surface area contributed by atoms with E-state index in [1.165, 1.54) is 23.1 Å². The molecule has 10 heteroatoms. The normalized spacial score (nSPS) is 19.4. The van der Waals surface area contributed by atoms with Crippen LogP contribution in [0, 0.1) is 5.82 Å². The van der Waals surface area contributed by atoms with Crippen LogP contribution in [0.25, 0.3) is 11.1 Å². The van der Waals surface area contributed by atoms with Gasteiger partial charge in [0.05, 0.1) is 35.0 Å². The Morgan fingerprint density at radius 2 is 1.91 bits per heavy atom. The quantitative estimate of drug-likeness (QED) is 0.524. The minimum Gasteiger partial charge on any atom is -0.444 e. The third-order valence-electron chi connectivity index (χ3n) is 5.13. The van der Waals surface area contributed by atoms with Crippen LogP contribution in [-0.2, 0) is 10.9 Å². The Labute approximate surface area is 194 Å². The maximum absolute atomic E-state index is 14.8. The minimum absolute atomic E-state index is 0.0228. The van der Waals surface area contributed by atoms with Crippen molar-refractivity contribution in [2.24, 2.45) is 0 Å². The molecule has 0 radical (unpaired) electrons. The van der Waals surface area contributed by atoms with Crippen LogP contribution < -0.4 is 5.32 Å². The molecule has 0 unspecified atom stereocenters. The van der Waals surface area contributed by atoms with Crippen molar-refractivity contribution < 1.29 is 32.2 Å². The summed E-state index contributed by atoms with van der Waals surface area (Å²) in [4.78, 5) is 13.6. The Bertz CT molecular complexity index is 1020. The lowest BCUT2D eigenvalue weighted by Gasteiger charge is -2.37. The maximum atomic E-state index is 14.8. The van der Waals surface area contributed by atoms with Gasteiger partial charge in [0.15, 0.2) is 0 Å². The van der Waals surface area contributed by atoms with Gasteiger partial charge in [0.1, 0.15) is 11.4 Å². The van der Waals surface area contributed by atoms with Gasteiger partial charge in [0, 0.05) is 12.1 Å². The Kier molecular flexibility index (Phi) is 7.14. The number of aliphatic hydroxyl groups excluding tert-OH is 1. The molecule has 0 saturated carbocycles. The second-order valence-corrected chi connectivity index (χ2v) is 9.33. The summed E-state index contributed by atoms with van der Waals surface area (Å²) in [5.41, 5.74) is -1.39. The number of nitrogens with zero attached hydrogens (tertiary/aromatic N) is 1. The number of anilines is 1. The van der Waals surface area contributed by atoms with E-state index in [2.05, 4.69) is 5.32 Å². The van der Waals surface area contributed by atoms with Crippen LogP contribution >= 0.6 is 11.6 Å². The molecule has 2 aromatic rings. The molecule has 2 aromatic carbocycles. The van der Waals surface area contributed by atoms with E-state index in [-0.39, 0.29) is 28.4 Å². The van der Waals surface area contributed by atoms with Gasteiger partial charge in [0.2, 0.25) is 0 Å². The minimum atomic E-state index is -4.55. The number of piperidine rings is 1. The maximum Gasteiger partial charge on any atom is 0.416 e. The number of alkyl halides is 3. The summed E-state index contributed by atoms with van der Waals surface area (Å²) in [5, 5.41) is 13.6. The van der Waals surface area contributed by atoms with E-state index in [1.807, 2.05) is 0 Å². The Morgan fingerprint density at radius 1 is 1.21 bits per heavy atom. The molecule has 3 rings (SSSR count). The predicted molar refractivity (Wildman–Crippen MR) is 118 cm³/mol. The number of carbonyl (C=O) groups excluding carboxylic acids is 1. The van der Waals surface area contributed by atoms with Gasteiger partial charge in [-0.1, -0.05) is 23.7 Å². The summed E-state index contributed by atoms with van der Waals surface area (Å²) < 4.78 is 59.1. The number of amides is 1. The molecule has 5 nitrogen and oxygen atoms in total. The molecule has 1 fully saturated rings. The van der Waals surface area contributed by atoms with Crippen molar-refractivity contribution >= 4 is 23.4 Å². The number of likely N-dealkylation sites (tertiary alicyclic amines) is 1. The second-order valence-electron chi connectivity index (χ2n) is 8.92. The second kappa shape index (κ2) is 9.38. The molecule has 0 bridgehead atoms. The molecule has 1 heterocycles. The zero-order valence-corrected chi connectivity index (χ0v) is 19.1. The van der Waals surface area contributed by atoms with Gasteiger partial charge in [-0.3, -0.25) is 0 Å². The highest BCUT2D eigenvalue weighted by Gasteiger charge is 2.33. The lowest BCUT2D eigenvalue weighted by Crippen LogP contribution is -2.52. The van der Waals surface area contributed by atoms with Gasteiger partial charge in [-0.15, -0.1) is 0 Å². The molecule has 33 heavy (non-hydrogen) atoms. The monoisotopic (exact) mass is 488 g/mol. The van der Waals surface area contributed by atoms with Crippen molar-refractivity contribution in [1.29, 1.82) is 0 Å². The van der Waals surface area contributed by atoms with Crippen molar-refractivity contribution in [2.75, 3.05) is 18.4 Å². The molecule has 0 aliphatic carbocycles. The number of hydrogen-bond acceptors (Lipinski definition) is 4. The van der Waals surface area contributed by atoms with Crippen molar-refractivity contribution in [3.05, 3.63) is 52.8 Å². The number of halogens is 5. The molecular weight excluding hydrogens is 464 g/mol. The molecule has 1 aliphatic rings. The first-order valence-electron chi connectivity index (χ1n) is 10.3. The number of ether oxygens (including phenoxy) is 1. The van der Waals surface area contributed by atoms with Crippen LogP contribution in [0.5, 0.6) is 0 Å². The highest BCUT2D eigenvalue weighted by molar-refractivity contribution is 6.33. The number of hydrogen-bond donors (Lipinski definition) is 2. The molecule has 0 aromatic heterocycles. The van der Waals surface area contributed by atoms with E-state index < -0.39 is 41.4 Å². The molecule has 2 atom stereocenters. The summed E-state index contributed by atoms with van der Waals surface area (Å²) in [6, 6.07) is 6.16. The first-order chi connectivity index (χ1) is 15.2. The number of aliphatic hydroxyl groups is 1. The smallest absolute Gasteiger partial charge is 0.416 e. The van der Waals surface area contributed by atoms with Crippen LogP contribution in [0.3, 0.4) is 0 Å². The van der Waals surface area contributed by atoms with E-state index in [0.29, 0.717) is 13.0 Å². The van der Waals surface area contributed by atoms with Crippen molar-refractivity contribution in [1.82, 2.24) is 4.90 Å². The number of benzene rings is 2. The summed E-state index contributed by atoms with van der Waals surface area (Å²) in [6.45, 7) is 5.57. The van der Waals surface area contributed by atoms with Gasteiger partial charge >= 0.3 is 12.3 Å². The standard InChI is InChI=1S/C23H25ClF4N2O3/c1-22(2,3)33-21(32)30-8-7-18(20(31)12-30)29-19-11-17(25)15(10-16(19)24)13-5-4-6-14(9-13)23(26,27)28/h4-6,9-11,18,20,29,31H,7-8,12H2,1-3H3/t18-,20-/m1/s1. The van der Waals surface area contributed by atoms with Crippen LogP contribution in [0.2, 0.25) is 5.02 Å². The number of β-amino-alcohol motifs (C(OH)–C–C–N with tert-alkyl or cyclic N) is 1. The van der Waals surface area contributed by atoms with Gasteiger partial charge in [-0.25, -0.2) is 9.18 Å². The lowest BCUT2D eigenvalue weighted by molar-refractivity contribution is -0.137. The van der Waals surface area contributed by atoms with Crippen molar-refractivity contribution in [3.8, 4) is 11.1 Å². The fourth-order valence-corrected chi connectivity index (χ4v) is 3.75. The molecule has 0 spiro atoms. The molecule has 180 valence electrons. The highest BCUT2D eigenvalue weighted by Crippen LogP contribution is 2.36. The topological polar surface area (TPSA) is 61.8 Å². The third-order valence-corrected chi connectivity index (χ3v) is 5.44. The largest absolute Gasteiger partial charge is 0.444 e. The van der Waals surface area contributed by atoms with Gasteiger partial charge in [-0.05, 0) is 57.0 Å². The predicted octanol–water partition coefficient (Wildman–Crippen LogP) is 5.95. The Morgan fingerprint density at radius 3 is 2.52 bits per heavy atom. The van der Waals surface area contributed by atoms with Crippen LogP contribution in [0.15, 0.2) is 36.4 Å². The SMILES string of the molecule is CC(C)(C)OC(=O)N1CC[C@@H](Nc2cc(F)c(-c3cccc(C(F)(F)F)c3)cc2Cl)[C@H](O)C1. The molecule has 1 amide bonds. The van der Waals surface area contributed by atoms with E-state index in [4.69, 9.17) is 16.3 Å². The van der Waals surface area contributed by atoms with Crippen LogP contribution in [0.4, 0.5) is 28.0 Å². The molecule has 1 aliphatic heterocycles. The number of carbonyl (C=O) groups is 1. The summed E-state index contributed by atoms with van der Waals surface area (Å²) in [6.07, 6.45) is -5.70. The lowest BCUT2D eigenvalue weighted by atomic mass is 10.00. The third kappa shape index (κ3) is 6.29. The fourth-order valence-electron chi connectivity index (χ4n) is 3.53. The average molecular weight is 489 g/mol. The number of nitrogens with one attached hydrogen (secondary N) is 1. The zero-order valence-electron chi connectivity index (χ0n) is 18.3. The van der Waals surface area contributed by atoms with E-state index in [1.54, 1.807) is 20.8 Å². The Hall–Kier alpha value is -2.52. The highest BCUT2D eigenvalue weighted by atomic mass is 35.5. The molecular formula is C23H25ClF4N2O3. The zero-order chi connectivity index (χ0) is 24.6. The summed E-state index contributed by atoms with van der Waals surface area (Å²) in [7, 11) is 0. The first-order valence-corrected chi connectivity index (χ1v) is 10.7. The first kappa shape index (κ1) is 25.1. The summed E-state index contributed by atoms with van der Waals surface area (Å²) >= 11 is 6.28. The van der Waals surface area contributed by atoms with Gasteiger partial charge in [0.25, 0.3) is 0 Å². The van der Waals surface area contributed by atoms with Crippen molar-refractivity contribution in [3.63, 3.8) is 0 Å². The molecule has 2 N–H and O–H groups in total. The Balaban J connectivity index is 1.73.